The van der Waals surface area contributed by atoms with Crippen molar-refractivity contribution in [3.63, 3.8) is 0 Å². The number of benzene rings is 1. The van der Waals surface area contributed by atoms with E-state index >= 15 is 0 Å². The van der Waals surface area contributed by atoms with Crippen LogP contribution in [-0.2, 0) is 22.7 Å². The summed E-state index contributed by atoms with van der Waals surface area (Å²) in [5.41, 5.74) is 3.37. The normalized spacial score (nSPS) is 17.6. The lowest BCUT2D eigenvalue weighted by atomic mass is 10.1. The van der Waals surface area contributed by atoms with E-state index in [1.165, 1.54) is 0 Å². The van der Waals surface area contributed by atoms with Crippen molar-refractivity contribution in [2.75, 3.05) is 26.2 Å². The van der Waals surface area contributed by atoms with Crippen LogP contribution in [0, 0.1) is 0 Å². The van der Waals surface area contributed by atoms with Gasteiger partial charge in [0.25, 0.3) is 0 Å². The van der Waals surface area contributed by atoms with Crippen molar-refractivity contribution in [1.82, 2.24) is 20.5 Å². The molecule has 28 heavy (non-hydrogen) atoms. The first-order valence-corrected chi connectivity index (χ1v) is 9.92. The summed E-state index contributed by atoms with van der Waals surface area (Å²) < 4.78 is 5.61. The van der Waals surface area contributed by atoms with Crippen LogP contribution >= 0.6 is 0 Å². The second kappa shape index (κ2) is 10.3. The Morgan fingerprint density at radius 3 is 2.79 bits per heavy atom. The molecule has 2 N–H and O–H groups in total. The molecule has 6 heteroatoms. The van der Waals surface area contributed by atoms with Crippen molar-refractivity contribution in [3.8, 4) is 0 Å². The number of pyridine rings is 1. The van der Waals surface area contributed by atoms with Gasteiger partial charge in [0.15, 0.2) is 0 Å². The number of hydrogen-bond acceptors (Lipinski definition) is 5. The van der Waals surface area contributed by atoms with Crippen LogP contribution in [0.25, 0.3) is 0 Å². The lowest BCUT2D eigenvalue weighted by Gasteiger charge is -2.35. The minimum Gasteiger partial charge on any atom is -0.374 e. The zero-order valence-electron chi connectivity index (χ0n) is 16.7. The van der Waals surface area contributed by atoms with Crippen LogP contribution in [0.1, 0.15) is 36.6 Å². The Kier molecular flexibility index (Phi) is 7.54. The molecule has 1 amide bonds. The Labute approximate surface area is 167 Å². The molecule has 0 aliphatic carbocycles. The van der Waals surface area contributed by atoms with Crippen molar-refractivity contribution in [3.05, 3.63) is 65.5 Å². The Balaban J connectivity index is 1.49. The van der Waals surface area contributed by atoms with Gasteiger partial charge >= 0.3 is 0 Å². The molecule has 2 heterocycles. The summed E-state index contributed by atoms with van der Waals surface area (Å²) in [5.74, 6) is 0.0445. The Hall–Kier alpha value is -2.28. The van der Waals surface area contributed by atoms with Gasteiger partial charge in [-0.05, 0) is 36.6 Å². The predicted octanol–water partition coefficient (Wildman–Crippen LogP) is 2.27. The lowest BCUT2D eigenvalue weighted by Crippen LogP contribution is -2.49. The van der Waals surface area contributed by atoms with Crippen LogP contribution in [0.2, 0.25) is 0 Å². The van der Waals surface area contributed by atoms with Crippen molar-refractivity contribution in [1.29, 1.82) is 0 Å². The van der Waals surface area contributed by atoms with Crippen molar-refractivity contribution in [2.24, 2.45) is 0 Å². The third-order valence-corrected chi connectivity index (χ3v) is 4.87. The third-order valence-electron chi connectivity index (χ3n) is 4.87. The van der Waals surface area contributed by atoms with E-state index in [-0.39, 0.29) is 18.1 Å². The van der Waals surface area contributed by atoms with Gasteiger partial charge in [-0.25, -0.2) is 0 Å². The molecule has 1 fully saturated rings. The monoisotopic (exact) mass is 382 g/mol. The van der Waals surface area contributed by atoms with Gasteiger partial charge in [-0.3, -0.25) is 14.7 Å². The van der Waals surface area contributed by atoms with E-state index in [1.807, 2.05) is 38.2 Å². The number of ether oxygens (including phenoxy) is 1. The first-order valence-electron chi connectivity index (χ1n) is 9.92. The van der Waals surface area contributed by atoms with Gasteiger partial charge in [0.05, 0.1) is 19.3 Å². The van der Waals surface area contributed by atoms with Crippen LogP contribution in [0.4, 0.5) is 0 Å². The average molecular weight is 383 g/mol. The molecule has 0 saturated carbocycles. The summed E-state index contributed by atoms with van der Waals surface area (Å²) in [5, 5.41) is 6.45. The van der Waals surface area contributed by atoms with Gasteiger partial charge in [-0.2, -0.15) is 0 Å². The van der Waals surface area contributed by atoms with Gasteiger partial charge in [-0.1, -0.05) is 30.3 Å². The highest BCUT2D eigenvalue weighted by atomic mass is 16.5. The summed E-state index contributed by atoms with van der Waals surface area (Å²) >= 11 is 0. The molecule has 150 valence electrons. The van der Waals surface area contributed by atoms with Gasteiger partial charge in [0, 0.05) is 44.6 Å². The van der Waals surface area contributed by atoms with E-state index in [0.717, 1.165) is 36.3 Å². The number of hydrogen-bond donors (Lipinski definition) is 2. The maximum Gasteiger partial charge on any atom is 0.234 e. The van der Waals surface area contributed by atoms with Gasteiger partial charge in [-0.15, -0.1) is 0 Å². The molecule has 0 spiro atoms. The molecule has 1 aromatic heterocycles. The van der Waals surface area contributed by atoms with Gasteiger partial charge in [0.1, 0.15) is 0 Å². The van der Waals surface area contributed by atoms with Crippen molar-refractivity contribution >= 4 is 5.91 Å². The summed E-state index contributed by atoms with van der Waals surface area (Å²) in [6, 6.07) is 12.4. The number of carbonyl (C=O) groups excluding carboxylic acids is 1. The SMILES string of the molecule is CC(C)OCc1ccc(CNC(=O)CN2CCNCC2c2cccnc2)cc1. The highest BCUT2D eigenvalue weighted by Crippen LogP contribution is 2.20. The van der Waals surface area contributed by atoms with E-state index in [0.29, 0.717) is 19.7 Å². The zero-order chi connectivity index (χ0) is 19.8. The van der Waals surface area contributed by atoms with Gasteiger partial charge < -0.3 is 15.4 Å². The highest BCUT2D eigenvalue weighted by Gasteiger charge is 2.25. The molecule has 1 unspecified atom stereocenters. The smallest absolute Gasteiger partial charge is 0.234 e. The first-order chi connectivity index (χ1) is 13.6. The second-order valence-electron chi connectivity index (χ2n) is 7.43. The van der Waals surface area contributed by atoms with Crippen LogP contribution in [0.5, 0.6) is 0 Å². The average Bonchev–Trinajstić information content (AvgIpc) is 2.72. The van der Waals surface area contributed by atoms with Crippen LogP contribution in [0.3, 0.4) is 0 Å². The van der Waals surface area contributed by atoms with Crippen molar-refractivity contribution < 1.29 is 9.53 Å². The van der Waals surface area contributed by atoms with E-state index in [2.05, 4.69) is 38.7 Å². The topological polar surface area (TPSA) is 66.5 Å². The molecule has 1 aromatic carbocycles. The Morgan fingerprint density at radius 2 is 2.07 bits per heavy atom. The molecule has 1 aliphatic rings. The maximum atomic E-state index is 12.5. The van der Waals surface area contributed by atoms with E-state index in [1.54, 1.807) is 6.20 Å². The Bertz CT molecular complexity index is 734. The van der Waals surface area contributed by atoms with Gasteiger partial charge in [0.2, 0.25) is 5.91 Å². The first kappa shape index (κ1) is 20.5. The van der Waals surface area contributed by atoms with Crippen molar-refractivity contribution in [2.45, 2.75) is 39.1 Å². The number of nitrogens with one attached hydrogen (secondary N) is 2. The summed E-state index contributed by atoms with van der Waals surface area (Å²) in [6.45, 7) is 8.17. The largest absolute Gasteiger partial charge is 0.374 e. The molecule has 1 aliphatic heterocycles. The number of piperazine rings is 1. The van der Waals surface area contributed by atoms with Crippen LogP contribution < -0.4 is 10.6 Å². The fraction of sp³-hybridized carbons (Fsp3) is 0.455. The second-order valence-corrected chi connectivity index (χ2v) is 7.43. The zero-order valence-corrected chi connectivity index (χ0v) is 16.7. The van der Waals surface area contributed by atoms with Crippen LogP contribution in [0.15, 0.2) is 48.8 Å². The predicted molar refractivity (Wildman–Crippen MR) is 110 cm³/mol. The Morgan fingerprint density at radius 1 is 1.29 bits per heavy atom. The molecule has 0 bridgehead atoms. The standard InChI is InChI=1S/C22H30N4O2/c1-17(2)28-16-19-7-5-18(6-8-19)12-25-22(27)15-26-11-10-24-14-21(26)20-4-3-9-23-13-20/h3-9,13,17,21,24H,10-12,14-16H2,1-2H3,(H,25,27). The molecule has 0 radical (unpaired) electrons. The highest BCUT2D eigenvalue weighted by molar-refractivity contribution is 5.78. The lowest BCUT2D eigenvalue weighted by molar-refractivity contribution is -0.123. The van der Waals surface area contributed by atoms with E-state index in [9.17, 15) is 4.79 Å². The number of rotatable bonds is 8. The molecule has 1 atom stereocenters. The fourth-order valence-electron chi connectivity index (χ4n) is 3.29. The van der Waals surface area contributed by atoms with E-state index < -0.39 is 0 Å². The molecular weight excluding hydrogens is 352 g/mol. The van der Waals surface area contributed by atoms with Crippen LogP contribution in [-0.4, -0.2) is 48.1 Å². The molecular formula is C22H30N4O2. The quantitative estimate of drug-likeness (QED) is 0.733. The fourth-order valence-corrected chi connectivity index (χ4v) is 3.29. The minimum atomic E-state index is 0.0445. The molecule has 1 saturated heterocycles. The minimum absolute atomic E-state index is 0.0445. The van der Waals surface area contributed by atoms with E-state index in [4.69, 9.17) is 4.74 Å². The summed E-state index contributed by atoms with van der Waals surface area (Å²) in [6.07, 6.45) is 3.88. The molecule has 6 nitrogen and oxygen atoms in total. The number of carbonyl (C=O) groups is 1. The maximum absolute atomic E-state index is 12.5. The molecule has 3 rings (SSSR count). The number of amides is 1. The number of nitrogens with zero attached hydrogens (tertiary/aromatic N) is 2. The number of aromatic nitrogens is 1. The third kappa shape index (κ3) is 6.12. The summed E-state index contributed by atoms with van der Waals surface area (Å²) in [7, 11) is 0. The summed E-state index contributed by atoms with van der Waals surface area (Å²) in [4.78, 5) is 18.9. The molecule has 2 aromatic rings.